The number of hydrogen-bond donors (Lipinski definition) is 0. The van der Waals surface area contributed by atoms with Crippen LogP contribution in [0.4, 0.5) is 0 Å². The summed E-state index contributed by atoms with van der Waals surface area (Å²) in [5.41, 5.74) is 0. The van der Waals surface area contributed by atoms with Gasteiger partial charge in [0.05, 0.1) is 0 Å². The van der Waals surface area contributed by atoms with E-state index in [4.69, 9.17) is 31.5 Å². The van der Waals surface area contributed by atoms with Gasteiger partial charge in [-0.2, -0.15) is 0 Å². The monoisotopic (exact) mass is 332 g/mol. The molecule has 12 heavy (non-hydrogen) atoms. The molecule has 5 heteroatoms. The molecule has 0 heterocycles. The zero-order valence-electron chi connectivity index (χ0n) is 6.35. The van der Waals surface area contributed by atoms with Crippen molar-refractivity contribution in [1.29, 1.82) is 0 Å². The van der Waals surface area contributed by atoms with Gasteiger partial charge in [-0.1, -0.05) is 0 Å². The Morgan fingerprint density at radius 3 is 1.92 bits per heavy atom. The van der Waals surface area contributed by atoms with Crippen LogP contribution in [0.1, 0.15) is 0 Å². The normalized spacial score (nSPS) is 11.3. The van der Waals surface area contributed by atoms with E-state index in [0.29, 0.717) is 0 Å². The molecule has 0 bridgehead atoms. The number of halogens is 3. The Labute approximate surface area is 86.6 Å². The molecule has 0 radical (unpaired) electrons. The summed E-state index contributed by atoms with van der Waals surface area (Å²) in [4.78, 5) is 0. The van der Waals surface area contributed by atoms with E-state index in [-0.39, 0.29) is 0 Å². The molecule has 0 N–H and O–H groups in total. The first-order valence-electron chi connectivity index (χ1n) is 3.25. The van der Waals surface area contributed by atoms with Crippen LogP contribution in [0.15, 0.2) is 24.3 Å². The molecule has 0 aliphatic heterocycles. The minimum atomic E-state index is -3.40. The molecule has 1 rings (SSSR count). The summed E-state index contributed by atoms with van der Waals surface area (Å²) in [6.45, 7) is 0. The fraction of sp³-hybridized carbons (Fsp3) is 0.143. The molecule has 0 atom stereocenters. The van der Waals surface area contributed by atoms with Gasteiger partial charge in [0, 0.05) is 0 Å². The molecular formula is C7H7Cl3OSn. The van der Waals surface area contributed by atoms with Crippen molar-refractivity contribution in [3.63, 3.8) is 0 Å². The van der Waals surface area contributed by atoms with E-state index in [2.05, 4.69) is 0 Å². The van der Waals surface area contributed by atoms with E-state index >= 15 is 0 Å². The summed E-state index contributed by atoms with van der Waals surface area (Å²) in [7, 11) is 19.2. The Kier molecular flexibility index (Phi) is 3.83. The van der Waals surface area contributed by atoms with E-state index < -0.39 is 15.0 Å². The molecule has 0 saturated heterocycles. The summed E-state index contributed by atoms with van der Waals surface area (Å²) < 4.78 is 5.82. The second-order valence-corrected chi connectivity index (χ2v) is 22.0. The van der Waals surface area contributed by atoms with Crippen LogP contribution >= 0.6 is 26.8 Å². The first-order valence-corrected chi connectivity index (χ1v) is 15.5. The standard InChI is InChI=1S/C7H7O.3ClH.Sn/c1-8-7-5-3-2-4-6-7;;;;/h3-6H,1H3;3*1H;/q;;;;+3/p-3. The maximum atomic E-state index is 5.85. The van der Waals surface area contributed by atoms with E-state index in [9.17, 15) is 0 Å². The van der Waals surface area contributed by atoms with Gasteiger partial charge in [-0.25, -0.2) is 0 Å². The van der Waals surface area contributed by atoms with Crippen molar-refractivity contribution in [1.82, 2.24) is 0 Å². The number of benzene rings is 1. The molecule has 0 aliphatic carbocycles. The fourth-order valence-corrected chi connectivity index (χ4v) is 4.87. The van der Waals surface area contributed by atoms with E-state index in [0.717, 1.165) is 9.33 Å². The SMILES string of the molecule is COc1cc[c]([Sn]([Cl])([Cl])[Cl])cc1. The molecule has 0 saturated carbocycles. The summed E-state index contributed by atoms with van der Waals surface area (Å²) in [5.74, 6) is 0.777. The Morgan fingerprint density at radius 1 is 1.08 bits per heavy atom. The first kappa shape index (κ1) is 10.8. The third-order valence-corrected chi connectivity index (χ3v) is 8.63. The topological polar surface area (TPSA) is 9.23 Å². The van der Waals surface area contributed by atoms with Crippen LogP contribution in [0.25, 0.3) is 0 Å². The Hall–Kier alpha value is 0.689. The molecule has 0 unspecified atom stereocenters. The summed E-state index contributed by atoms with van der Waals surface area (Å²) in [6, 6.07) is 7.21. The molecule has 1 aromatic carbocycles. The molecule has 0 aliphatic rings. The Bertz CT molecular complexity index is 254. The van der Waals surface area contributed by atoms with Gasteiger partial charge in [0.1, 0.15) is 0 Å². The van der Waals surface area contributed by atoms with Crippen molar-refractivity contribution >= 4 is 45.3 Å². The second-order valence-electron chi connectivity index (χ2n) is 2.23. The van der Waals surface area contributed by atoms with Gasteiger partial charge in [0.2, 0.25) is 0 Å². The van der Waals surface area contributed by atoms with Crippen molar-refractivity contribution in [3.8, 4) is 5.75 Å². The second kappa shape index (κ2) is 4.27. The molecule has 0 amide bonds. The number of hydrogen-bond acceptors (Lipinski definition) is 1. The summed E-state index contributed by atoms with van der Waals surface area (Å²) in [6.07, 6.45) is 0. The Morgan fingerprint density at radius 2 is 1.58 bits per heavy atom. The number of ether oxygens (including phenoxy) is 1. The van der Waals surface area contributed by atoms with Gasteiger partial charge >= 0.3 is 87.2 Å². The van der Waals surface area contributed by atoms with Gasteiger partial charge in [-0.15, -0.1) is 0 Å². The molecule has 1 nitrogen and oxygen atoms in total. The molecular weight excluding hydrogens is 325 g/mol. The van der Waals surface area contributed by atoms with Crippen LogP contribution in [-0.2, 0) is 0 Å². The molecule has 0 spiro atoms. The van der Waals surface area contributed by atoms with Gasteiger partial charge in [-0.3, -0.25) is 0 Å². The van der Waals surface area contributed by atoms with E-state index in [1.54, 1.807) is 19.2 Å². The van der Waals surface area contributed by atoms with Crippen LogP contribution in [0.2, 0.25) is 0 Å². The van der Waals surface area contributed by atoms with Gasteiger partial charge in [0.15, 0.2) is 0 Å². The van der Waals surface area contributed by atoms with E-state index in [1.807, 2.05) is 12.1 Å². The average molecular weight is 332 g/mol. The third kappa shape index (κ3) is 2.87. The predicted octanol–water partition coefficient (Wildman–Crippen LogP) is 2.56. The Balaban J connectivity index is 2.93. The van der Waals surface area contributed by atoms with Crippen molar-refractivity contribution < 1.29 is 4.74 Å². The van der Waals surface area contributed by atoms with Crippen LogP contribution in [0.3, 0.4) is 0 Å². The number of rotatable bonds is 2. The van der Waals surface area contributed by atoms with Crippen molar-refractivity contribution in [2.24, 2.45) is 0 Å². The molecule has 0 fully saturated rings. The zero-order chi connectivity index (χ0) is 9.19. The van der Waals surface area contributed by atoms with Gasteiger partial charge in [0.25, 0.3) is 0 Å². The summed E-state index contributed by atoms with van der Waals surface area (Å²) >= 11 is -3.40. The van der Waals surface area contributed by atoms with Crippen LogP contribution in [0.5, 0.6) is 5.75 Å². The van der Waals surface area contributed by atoms with Crippen LogP contribution in [-0.4, -0.2) is 22.1 Å². The first-order chi connectivity index (χ1) is 5.54. The van der Waals surface area contributed by atoms with Gasteiger partial charge in [-0.05, 0) is 0 Å². The average Bonchev–Trinajstić information content (AvgIpc) is 2.03. The maximum absolute atomic E-state index is 5.85. The zero-order valence-corrected chi connectivity index (χ0v) is 11.5. The fourth-order valence-electron chi connectivity index (χ4n) is 0.780. The van der Waals surface area contributed by atoms with Crippen molar-refractivity contribution in [3.05, 3.63) is 24.3 Å². The van der Waals surface area contributed by atoms with Crippen molar-refractivity contribution in [2.45, 2.75) is 0 Å². The van der Waals surface area contributed by atoms with Gasteiger partial charge < -0.3 is 0 Å². The third-order valence-electron chi connectivity index (χ3n) is 1.42. The van der Waals surface area contributed by atoms with Crippen LogP contribution < -0.4 is 8.32 Å². The molecule has 0 aromatic heterocycles. The predicted molar refractivity (Wildman–Crippen MR) is 55.9 cm³/mol. The quantitative estimate of drug-likeness (QED) is 0.757. The van der Waals surface area contributed by atoms with Crippen LogP contribution in [0, 0.1) is 0 Å². The minimum absolute atomic E-state index is 0.777. The van der Waals surface area contributed by atoms with Crippen molar-refractivity contribution in [2.75, 3.05) is 7.11 Å². The molecule has 1 aromatic rings. The summed E-state index contributed by atoms with van der Waals surface area (Å²) in [5, 5.41) is 0. The molecule has 66 valence electrons. The number of methoxy groups -OCH3 is 1. The van der Waals surface area contributed by atoms with E-state index in [1.165, 1.54) is 0 Å².